The first kappa shape index (κ1) is 15.6. The zero-order valence-electron chi connectivity index (χ0n) is 12.5. The van der Waals surface area contributed by atoms with E-state index in [0.717, 1.165) is 35.6 Å². The van der Waals surface area contributed by atoms with E-state index in [4.69, 9.17) is 0 Å². The predicted molar refractivity (Wildman–Crippen MR) is 83.2 cm³/mol. The van der Waals surface area contributed by atoms with Gasteiger partial charge in [-0.1, -0.05) is 37.7 Å². The second-order valence-electron chi connectivity index (χ2n) is 5.28. The lowest BCUT2D eigenvalue weighted by Gasteiger charge is -2.22. The number of aryl methyl sites for hydroxylation is 1. The Morgan fingerprint density at radius 1 is 1.43 bits per heavy atom. The molecule has 1 N–H and O–H groups in total. The van der Waals surface area contributed by atoms with Crippen molar-refractivity contribution in [1.82, 2.24) is 19.9 Å². The summed E-state index contributed by atoms with van der Waals surface area (Å²) in [7, 11) is 0. The van der Waals surface area contributed by atoms with Crippen LogP contribution in [0.3, 0.4) is 0 Å². The Hall–Kier alpha value is -1.82. The number of nitrogens with one attached hydrogen (secondary N) is 1. The first-order chi connectivity index (χ1) is 10.1. The fraction of sp³-hybridized carbons (Fsp3) is 0.467. The molecule has 5 nitrogen and oxygen atoms in total. The summed E-state index contributed by atoms with van der Waals surface area (Å²) in [6.45, 7) is 6.22. The van der Waals surface area contributed by atoms with Gasteiger partial charge in [0.05, 0.1) is 11.7 Å². The van der Waals surface area contributed by atoms with Gasteiger partial charge in [0.2, 0.25) is 0 Å². The zero-order valence-corrected chi connectivity index (χ0v) is 13.4. The van der Waals surface area contributed by atoms with Gasteiger partial charge in [0, 0.05) is 12.4 Å². The molecule has 0 bridgehead atoms. The first-order valence-corrected chi connectivity index (χ1v) is 7.92. The summed E-state index contributed by atoms with van der Waals surface area (Å²) in [5.74, 6) is 0.171. The van der Waals surface area contributed by atoms with Gasteiger partial charge in [-0.25, -0.2) is 0 Å². The lowest BCUT2D eigenvalue weighted by atomic mass is 9.97. The Labute approximate surface area is 129 Å². The molecule has 0 aromatic carbocycles. The van der Waals surface area contributed by atoms with Crippen LogP contribution in [0, 0.1) is 5.92 Å². The predicted octanol–water partition coefficient (Wildman–Crippen LogP) is 3.01. The summed E-state index contributed by atoms with van der Waals surface area (Å²) < 4.78 is 3.91. The van der Waals surface area contributed by atoms with Crippen molar-refractivity contribution in [2.45, 2.75) is 39.7 Å². The van der Waals surface area contributed by atoms with Crippen LogP contribution in [0.4, 0.5) is 0 Å². The summed E-state index contributed by atoms with van der Waals surface area (Å²) >= 11 is 1.16. The number of pyridine rings is 1. The summed E-state index contributed by atoms with van der Waals surface area (Å²) in [5.41, 5.74) is 1.80. The maximum Gasteiger partial charge on any atom is 0.265 e. The van der Waals surface area contributed by atoms with Gasteiger partial charge in [-0.15, -0.1) is 5.10 Å². The Bertz CT molecular complexity index is 582. The zero-order chi connectivity index (χ0) is 15.2. The minimum atomic E-state index is -0.101. The van der Waals surface area contributed by atoms with Crippen molar-refractivity contribution < 1.29 is 4.79 Å². The molecule has 2 heterocycles. The third-order valence-corrected chi connectivity index (χ3v) is 4.01. The van der Waals surface area contributed by atoms with Gasteiger partial charge >= 0.3 is 0 Å². The molecule has 0 saturated heterocycles. The number of nitrogens with zero attached hydrogens (tertiary/aromatic N) is 3. The molecule has 112 valence electrons. The van der Waals surface area contributed by atoms with E-state index in [-0.39, 0.29) is 17.9 Å². The number of aromatic nitrogens is 3. The lowest BCUT2D eigenvalue weighted by Crippen LogP contribution is -2.31. The number of hydrogen-bond acceptors (Lipinski definition) is 5. The largest absolute Gasteiger partial charge is 0.344 e. The average molecular weight is 304 g/mol. The molecule has 0 radical (unpaired) electrons. The van der Waals surface area contributed by atoms with E-state index in [1.165, 1.54) is 0 Å². The van der Waals surface area contributed by atoms with Crippen molar-refractivity contribution in [3.8, 4) is 0 Å². The van der Waals surface area contributed by atoms with Crippen molar-refractivity contribution in [2.75, 3.05) is 0 Å². The van der Waals surface area contributed by atoms with E-state index >= 15 is 0 Å². The number of carbonyl (C=O) groups is 1. The van der Waals surface area contributed by atoms with Gasteiger partial charge in [-0.2, -0.15) is 0 Å². The molecule has 6 heteroatoms. The Balaban J connectivity index is 2.17. The van der Waals surface area contributed by atoms with Gasteiger partial charge in [0.25, 0.3) is 5.91 Å². The number of amides is 1. The van der Waals surface area contributed by atoms with E-state index in [1.807, 2.05) is 12.1 Å². The van der Waals surface area contributed by atoms with E-state index < -0.39 is 0 Å². The third-order valence-electron chi connectivity index (χ3n) is 3.25. The SMILES string of the molecule is CCCc1nnsc1C(=O)N[C@H](c1cccnc1)C(C)C. The van der Waals surface area contributed by atoms with Crippen LogP contribution < -0.4 is 5.32 Å². The van der Waals surface area contributed by atoms with Gasteiger partial charge in [0.15, 0.2) is 0 Å². The Morgan fingerprint density at radius 3 is 2.86 bits per heavy atom. The van der Waals surface area contributed by atoms with Crippen molar-refractivity contribution in [2.24, 2.45) is 5.92 Å². The van der Waals surface area contributed by atoms with Crippen LogP contribution >= 0.6 is 11.5 Å². The molecule has 2 aromatic heterocycles. The molecule has 2 rings (SSSR count). The molecular formula is C15H20N4OS. The number of hydrogen-bond donors (Lipinski definition) is 1. The first-order valence-electron chi connectivity index (χ1n) is 7.15. The monoisotopic (exact) mass is 304 g/mol. The summed E-state index contributed by atoms with van der Waals surface area (Å²) in [6.07, 6.45) is 5.25. The van der Waals surface area contributed by atoms with E-state index in [1.54, 1.807) is 12.4 Å². The van der Waals surface area contributed by atoms with Crippen LogP contribution in [0.5, 0.6) is 0 Å². The molecule has 0 aliphatic rings. The molecule has 0 fully saturated rings. The average Bonchev–Trinajstić information content (AvgIpc) is 2.94. The highest BCUT2D eigenvalue weighted by molar-refractivity contribution is 7.08. The van der Waals surface area contributed by atoms with Crippen LogP contribution in [-0.4, -0.2) is 20.5 Å². The van der Waals surface area contributed by atoms with Crippen LogP contribution in [0.2, 0.25) is 0 Å². The van der Waals surface area contributed by atoms with E-state index in [0.29, 0.717) is 4.88 Å². The topological polar surface area (TPSA) is 67.8 Å². The van der Waals surface area contributed by atoms with Crippen LogP contribution in [-0.2, 0) is 6.42 Å². The molecule has 0 aliphatic heterocycles. The fourth-order valence-corrected chi connectivity index (χ4v) is 2.79. The quantitative estimate of drug-likeness (QED) is 0.890. The molecule has 0 spiro atoms. The smallest absolute Gasteiger partial charge is 0.265 e. The molecule has 0 unspecified atom stereocenters. The van der Waals surface area contributed by atoms with E-state index in [9.17, 15) is 4.79 Å². The minimum Gasteiger partial charge on any atom is -0.344 e. The summed E-state index contributed by atoms with van der Waals surface area (Å²) in [4.78, 5) is 17.2. The van der Waals surface area contributed by atoms with Gasteiger partial charge in [-0.05, 0) is 35.5 Å². The van der Waals surface area contributed by atoms with Crippen LogP contribution in [0.1, 0.15) is 54.2 Å². The van der Waals surface area contributed by atoms with Crippen molar-refractivity contribution in [1.29, 1.82) is 0 Å². The van der Waals surface area contributed by atoms with Crippen molar-refractivity contribution in [3.63, 3.8) is 0 Å². The molecule has 0 aliphatic carbocycles. The summed E-state index contributed by atoms with van der Waals surface area (Å²) in [6, 6.07) is 3.80. The number of carbonyl (C=O) groups excluding carboxylic acids is 1. The maximum absolute atomic E-state index is 12.5. The molecule has 2 aromatic rings. The molecular weight excluding hydrogens is 284 g/mol. The maximum atomic E-state index is 12.5. The standard InChI is InChI=1S/C15H20N4OS/c1-4-6-12-14(21-19-18-12)15(20)17-13(10(2)3)11-7-5-8-16-9-11/h5,7-10,13H,4,6H2,1-3H3,(H,17,20)/t13-/m0/s1. The second-order valence-corrected chi connectivity index (χ2v) is 6.03. The van der Waals surface area contributed by atoms with Crippen molar-refractivity contribution in [3.05, 3.63) is 40.7 Å². The minimum absolute atomic E-state index is 0.0669. The normalized spacial score (nSPS) is 12.4. The van der Waals surface area contributed by atoms with Gasteiger partial charge in [-0.3, -0.25) is 9.78 Å². The highest BCUT2D eigenvalue weighted by Crippen LogP contribution is 2.22. The molecule has 0 saturated carbocycles. The second kappa shape index (κ2) is 7.26. The Morgan fingerprint density at radius 2 is 2.24 bits per heavy atom. The highest BCUT2D eigenvalue weighted by atomic mass is 32.1. The lowest BCUT2D eigenvalue weighted by molar-refractivity contribution is 0.0928. The number of rotatable bonds is 6. The molecule has 21 heavy (non-hydrogen) atoms. The van der Waals surface area contributed by atoms with Gasteiger partial charge < -0.3 is 5.32 Å². The highest BCUT2D eigenvalue weighted by Gasteiger charge is 2.22. The third kappa shape index (κ3) is 3.85. The Kier molecular flexibility index (Phi) is 5.38. The van der Waals surface area contributed by atoms with Crippen molar-refractivity contribution >= 4 is 17.4 Å². The van der Waals surface area contributed by atoms with Crippen LogP contribution in [0.25, 0.3) is 0 Å². The van der Waals surface area contributed by atoms with Gasteiger partial charge in [0.1, 0.15) is 4.88 Å². The summed E-state index contributed by atoms with van der Waals surface area (Å²) in [5, 5.41) is 7.13. The fourth-order valence-electron chi connectivity index (χ4n) is 2.18. The van der Waals surface area contributed by atoms with E-state index in [2.05, 4.69) is 40.7 Å². The molecule has 1 atom stereocenters. The molecule has 1 amide bonds. The van der Waals surface area contributed by atoms with Crippen LogP contribution in [0.15, 0.2) is 24.5 Å².